The quantitative estimate of drug-likeness (QED) is 0.772. The second-order valence-electron chi connectivity index (χ2n) is 7.20. The van der Waals surface area contributed by atoms with Crippen LogP contribution in [0.2, 0.25) is 0 Å². The van der Waals surface area contributed by atoms with E-state index in [-0.39, 0.29) is 0 Å². The summed E-state index contributed by atoms with van der Waals surface area (Å²) in [6, 6.07) is 3.93. The third-order valence-corrected chi connectivity index (χ3v) is 4.94. The predicted octanol–water partition coefficient (Wildman–Crippen LogP) is 3.88. The maximum atomic E-state index is 13.0. The van der Waals surface area contributed by atoms with E-state index in [2.05, 4.69) is 0 Å². The maximum absolute atomic E-state index is 13.0. The van der Waals surface area contributed by atoms with Crippen LogP contribution >= 0.6 is 0 Å². The van der Waals surface area contributed by atoms with E-state index in [1.807, 2.05) is 27.7 Å². The molecule has 120 valence electrons. The van der Waals surface area contributed by atoms with Crippen LogP contribution in [0, 0.1) is 0 Å². The molecule has 2 fully saturated rings. The van der Waals surface area contributed by atoms with Crippen molar-refractivity contribution in [3.05, 3.63) is 29.3 Å². The Bertz CT molecular complexity index is 576. The van der Waals surface area contributed by atoms with Crippen LogP contribution in [0.3, 0.4) is 0 Å². The monoisotopic (exact) mass is 312 g/mol. The molecule has 1 aromatic rings. The van der Waals surface area contributed by atoms with Gasteiger partial charge in [-0.25, -0.2) is 0 Å². The molecule has 0 aromatic heterocycles. The third kappa shape index (κ3) is 2.67. The summed E-state index contributed by atoms with van der Waals surface area (Å²) < 4.78 is 51.0. The molecule has 1 aliphatic carbocycles. The first kappa shape index (κ1) is 15.9. The van der Waals surface area contributed by atoms with Gasteiger partial charge in [0.2, 0.25) is 0 Å². The minimum absolute atomic E-state index is 0.330. The maximum Gasteiger partial charge on any atom is 0.495 e. The molecule has 22 heavy (non-hydrogen) atoms. The lowest BCUT2D eigenvalue weighted by molar-refractivity contribution is -0.137. The molecule has 1 saturated heterocycles. The summed E-state index contributed by atoms with van der Waals surface area (Å²) in [7, 11) is -0.747. The minimum atomic E-state index is -4.36. The average Bonchev–Trinajstić information content (AvgIpc) is 3.16. The van der Waals surface area contributed by atoms with Crippen molar-refractivity contribution in [3.63, 3.8) is 0 Å². The molecular formula is C16H20BF3O2. The highest BCUT2D eigenvalue weighted by atomic mass is 19.4. The van der Waals surface area contributed by atoms with E-state index in [0.29, 0.717) is 11.4 Å². The Labute approximate surface area is 129 Å². The number of benzene rings is 1. The average molecular weight is 312 g/mol. The first-order valence-corrected chi connectivity index (χ1v) is 7.58. The van der Waals surface area contributed by atoms with Gasteiger partial charge in [-0.1, -0.05) is 6.07 Å². The summed E-state index contributed by atoms with van der Waals surface area (Å²) in [5, 5.41) is 0. The van der Waals surface area contributed by atoms with Crippen molar-refractivity contribution in [1.29, 1.82) is 0 Å². The molecule has 0 radical (unpaired) electrons. The van der Waals surface area contributed by atoms with Gasteiger partial charge in [-0.05, 0) is 69.6 Å². The van der Waals surface area contributed by atoms with Gasteiger partial charge in [0.25, 0.3) is 0 Å². The molecule has 0 unspecified atom stereocenters. The van der Waals surface area contributed by atoms with Crippen LogP contribution in [0.1, 0.15) is 57.6 Å². The van der Waals surface area contributed by atoms with Gasteiger partial charge in [-0.2, -0.15) is 13.2 Å². The van der Waals surface area contributed by atoms with Crippen molar-refractivity contribution in [3.8, 4) is 0 Å². The van der Waals surface area contributed by atoms with Crippen LogP contribution in [-0.4, -0.2) is 18.3 Å². The molecule has 3 rings (SSSR count). The van der Waals surface area contributed by atoms with Crippen LogP contribution in [0.4, 0.5) is 13.2 Å². The molecule has 0 N–H and O–H groups in total. The van der Waals surface area contributed by atoms with E-state index in [9.17, 15) is 13.2 Å². The van der Waals surface area contributed by atoms with Gasteiger partial charge in [-0.3, -0.25) is 0 Å². The Morgan fingerprint density at radius 2 is 1.59 bits per heavy atom. The zero-order valence-corrected chi connectivity index (χ0v) is 13.3. The van der Waals surface area contributed by atoms with Gasteiger partial charge in [0.15, 0.2) is 0 Å². The third-order valence-electron chi connectivity index (χ3n) is 4.94. The summed E-state index contributed by atoms with van der Waals surface area (Å²) in [5.74, 6) is 0.330. The van der Waals surface area contributed by atoms with Crippen LogP contribution in [0.5, 0.6) is 0 Å². The summed E-state index contributed by atoms with van der Waals surface area (Å²) >= 11 is 0. The van der Waals surface area contributed by atoms with Gasteiger partial charge in [-0.15, -0.1) is 0 Å². The van der Waals surface area contributed by atoms with Crippen molar-refractivity contribution in [2.24, 2.45) is 0 Å². The Kier molecular flexibility index (Phi) is 3.42. The number of hydrogen-bond acceptors (Lipinski definition) is 2. The fourth-order valence-corrected chi connectivity index (χ4v) is 2.69. The largest absolute Gasteiger partial charge is 0.495 e. The number of alkyl halides is 3. The first-order valence-electron chi connectivity index (χ1n) is 7.58. The lowest BCUT2D eigenvalue weighted by Crippen LogP contribution is -2.41. The number of halogens is 3. The molecule has 2 aliphatic rings. The van der Waals surface area contributed by atoms with Crippen LogP contribution < -0.4 is 5.46 Å². The van der Waals surface area contributed by atoms with Crippen LogP contribution in [0.25, 0.3) is 0 Å². The Morgan fingerprint density at radius 3 is 2.05 bits per heavy atom. The van der Waals surface area contributed by atoms with Crippen molar-refractivity contribution in [1.82, 2.24) is 0 Å². The zero-order valence-electron chi connectivity index (χ0n) is 13.3. The zero-order chi connectivity index (χ0) is 16.3. The molecular weight excluding hydrogens is 292 g/mol. The normalized spacial score (nSPS) is 23.9. The predicted molar refractivity (Wildman–Crippen MR) is 79.1 cm³/mol. The number of hydrogen-bond donors (Lipinski definition) is 0. The molecule has 1 aliphatic heterocycles. The minimum Gasteiger partial charge on any atom is -0.399 e. The van der Waals surface area contributed by atoms with Crippen molar-refractivity contribution in [2.75, 3.05) is 0 Å². The van der Waals surface area contributed by atoms with Gasteiger partial charge < -0.3 is 9.31 Å². The van der Waals surface area contributed by atoms with Gasteiger partial charge >= 0.3 is 13.3 Å². The summed E-state index contributed by atoms with van der Waals surface area (Å²) in [5.41, 5.74) is -0.330. The van der Waals surface area contributed by atoms with E-state index in [1.54, 1.807) is 6.07 Å². The Hall–Kier alpha value is -1.01. The molecule has 1 heterocycles. The summed E-state index contributed by atoms with van der Waals surface area (Å²) in [4.78, 5) is 0. The van der Waals surface area contributed by atoms with Crippen molar-refractivity contribution < 1.29 is 22.5 Å². The second kappa shape index (κ2) is 4.74. The standard InChI is InChI=1S/C16H20BF3O2/c1-14(2)15(3,4)22-17(21-14)13-9-11(16(18,19)20)7-8-12(13)10-5-6-10/h7-10H,5-6H2,1-4H3. The fraction of sp³-hybridized carbons (Fsp3) is 0.625. The van der Waals surface area contributed by atoms with Gasteiger partial charge in [0.05, 0.1) is 16.8 Å². The van der Waals surface area contributed by atoms with Crippen molar-refractivity contribution in [2.45, 2.75) is 63.8 Å². The Balaban J connectivity index is 2.02. The topological polar surface area (TPSA) is 18.5 Å². The second-order valence-corrected chi connectivity index (χ2v) is 7.20. The lowest BCUT2D eigenvalue weighted by Gasteiger charge is -2.32. The molecule has 1 aromatic carbocycles. The van der Waals surface area contributed by atoms with E-state index >= 15 is 0 Å². The summed E-state index contributed by atoms with van der Waals surface area (Å²) in [6.07, 6.45) is -2.34. The molecule has 1 saturated carbocycles. The molecule has 6 heteroatoms. The van der Waals surface area contributed by atoms with Crippen molar-refractivity contribution >= 4 is 12.6 Å². The SMILES string of the molecule is CC1(C)OB(c2cc(C(F)(F)F)ccc2C2CC2)OC1(C)C. The van der Waals surface area contributed by atoms with E-state index < -0.39 is 30.1 Å². The molecule has 0 spiro atoms. The van der Waals surface area contributed by atoms with E-state index in [0.717, 1.165) is 24.5 Å². The highest BCUT2D eigenvalue weighted by Gasteiger charge is 2.53. The van der Waals surface area contributed by atoms with Crippen LogP contribution in [0.15, 0.2) is 18.2 Å². The highest BCUT2D eigenvalue weighted by Crippen LogP contribution is 2.42. The van der Waals surface area contributed by atoms with E-state index in [4.69, 9.17) is 9.31 Å². The van der Waals surface area contributed by atoms with Gasteiger partial charge in [0.1, 0.15) is 0 Å². The number of rotatable bonds is 2. The van der Waals surface area contributed by atoms with E-state index in [1.165, 1.54) is 6.07 Å². The molecule has 0 atom stereocenters. The van der Waals surface area contributed by atoms with Crippen LogP contribution in [-0.2, 0) is 15.5 Å². The molecule has 0 amide bonds. The Morgan fingerprint density at radius 1 is 1.05 bits per heavy atom. The smallest absolute Gasteiger partial charge is 0.399 e. The fourth-order valence-electron chi connectivity index (χ4n) is 2.69. The molecule has 2 nitrogen and oxygen atoms in total. The molecule has 0 bridgehead atoms. The first-order chi connectivity index (χ1) is 10.0. The van der Waals surface area contributed by atoms with Gasteiger partial charge in [0, 0.05) is 0 Å². The summed E-state index contributed by atoms with van der Waals surface area (Å²) in [6.45, 7) is 7.60. The highest BCUT2D eigenvalue weighted by molar-refractivity contribution is 6.62. The lowest BCUT2D eigenvalue weighted by atomic mass is 9.74.